The summed E-state index contributed by atoms with van der Waals surface area (Å²) in [5.41, 5.74) is 1.27. The van der Waals surface area contributed by atoms with Crippen LogP contribution in [-0.4, -0.2) is 28.4 Å². The Labute approximate surface area is 140 Å². The van der Waals surface area contributed by atoms with Crippen molar-refractivity contribution in [3.8, 4) is 0 Å². The van der Waals surface area contributed by atoms with E-state index in [2.05, 4.69) is 22.5 Å². The van der Waals surface area contributed by atoms with Gasteiger partial charge in [0.05, 0.1) is 0 Å². The van der Waals surface area contributed by atoms with Gasteiger partial charge in [-0.05, 0) is 0 Å². The molecular formula is C15H21BrO3W. The number of hydrogen-bond acceptors (Lipinski definition) is 3. The van der Waals surface area contributed by atoms with Gasteiger partial charge in [-0.15, -0.1) is 0 Å². The molecule has 1 aliphatic carbocycles. The fraction of sp³-hybridized carbons (Fsp3) is 0.600. The average Bonchev–Trinajstić information content (AvgIpc) is 2.61. The molecule has 1 rings (SSSR count). The summed E-state index contributed by atoms with van der Waals surface area (Å²) in [5.74, 6) is 0.715. The molecule has 5 heteroatoms. The first kappa shape index (κ1) is 17.8. The van der Waals surface area contributed by atoms with Crippen molar-refractivity contribution in [2.75, 3.05) is 13.7 Å². The summed E-state index contributed by atoms with van der Waals surface area (Å²) in [5, 5.41) is 0. The van der Waals surface area contributed by atoms with E-state index in [4.69, 9.17) is 9.47 Å². The Hall–Kier alpha value is -0.212. The summed E-state index contributed by atoms with van der Waals surface area (Å²) in [6.45, 7) is 6.11. The molecule has 0 aromatic carbocycles. The Balaban J connectivity index is 2.90. The Kier molecular flexibility index (Phi) is 7.97. The third-order valence-electron chi connectivity index (χ3n) is 3.33. The first-order valence-corrected chi connectivity index (χ1v) is 9.17. The van der Waals surface area contributed by atoms with Crippen LogP contribution >= 0.6 is 15.9 Å². The van der Waals surface area contributed by atoms with Gasteiger partial charge in [-0.2, -0.15) is 0 Å². The molecule has 0 radical (unpaired) electrons. The van der Waals surface area contributed by atoms with Gasteiger partial charge in [0.15, 0.2) is 0 Å². The summed E-state index contributed by atoms with van der Waals surface area (Å²) >= 11 is 4.93. The normalized spacial score (nSPS) is 23.1. The predicted molar refractivity (Wildman–Crippen MR) is 80.5 cm³/mol. The number of carbonyl (C=O) groups is 1. The number of rotatable bonds is 5. The second-order valence-electron chi connectivity index (χ2n) is 4.71. The van der Waals surface area contributed by atoms with Crippen LogP contribution in [0.3, 0.4) is 0 Å². The van der Waals surface area contributed by atoms with Crippen molar-refractivity contribution in [3.05, 3.63) is 24.0 Å². The van der Waals surface area contributed by atoms with E-state index in [0.29, 0.717) is 12.4 Å². The van der Waals surface area contributed by atoms with Gasteiger partial charge in [-0.3, -0.25) is 0 Å². The second-order valence-corrected chi connectivity index (χ2v) is 7.28. The van der Waals surface area contributed by atoms with Crippen molar-refractivity contribution < 1.29 is 33.6 Å². The van der Waals surface area contributed by atoms with Crippen molar-refractivity contribution in [1.29, 1.82) is 0 Å². The summed E-state index contributed by atoms with van der Waals surface area (Å²) in [7, 11) is 1.63. The summed E-state index contributed by atoms with van der Waals surface area (Å²) in [4.78, 5) is 11.7. The van der Waals surface area contributed by atoms with Gasteiger partial charge in [0.2, 0.25) is 0 Å². The maximum atomic E-state index is 12.0. The molecule has 0 spiro atoms. The Morgan fingerprint density at radius 3 is 2.90 bits per heavy atom. The van der Waals surface area contributed by atoms with E-state index >= 15 is 0 Å². The van der Waals surface area contributed by atoms with Crippen molar-refractivity contribution in [2.24, 2.45) is 5.92 Å². The molecule has 0 N–H and O–H groups in total. The summed E-state index contributed by atoms with van der Waals surface area (Å²) in [6.07, 6.45) is 6.31. The molecule has 1 fully saturated rings. The predicted octanol–water partition coefficient (Wildman–Crippen LogP) is 3.31. The number of methoxy groups -OCH3 is 1. The van der Waals surface area contributed by atoms with Crippen LogP contribution in [0.25, 0.3) is 0 Å². The first-order chi connectivity index (χ1) is 9.51. The average molecular weight is 513 g/mol. The summed E-state index contributed by atoms with van der Waals surface area (Å²) in [6, 6.07) is 0. The third kappa shape index (κ3) is 4.96. The first-order valence-electron chi connectivity index (χ1n) is 6.79. The molecule has 0 bridgehead atoms. The molecule has 0 aromatic heterocycles. The molecule has 0 saturated heterocycles. The number of halogens is 1. The van der Waals surface area contributed by atoms with Gasteiger partial charge in [0, 0.05) is 0 Å². The van der Waals surface area contributed by atoms with Crippen LogP contribution in [0.1, 0.15) is 32.6 Å². The molecule has 2 atom stereocenters. The van der Waals surface area contributed by atoms with Crippen LogP contribution in [0.5, 0.6) is 0 Å². The second kappa shape index (κ2) is 8.94. The minimum atomic E-state index is -0.257. The number of esters is 1. The van der Waals surface area contributed by atoms with Gasteiger partial charge < -0.3 is 0 Å². The van der Waals surface area contributed by atoms with Crippen LogP contribution in [0.15, 0.2) is 24.0 Å². The van der Waals surface area contributed by atoms with Gasteiger partial charge in [0.25, 0.3) is 0 Å². The van der Waals surface area contributed by atoms with E-state index in [1.165, 1.54) is 28.8 Å². The number of carbonyl (C=O) groups excluding carboxylic acids is 1. The van der Waals surface area contributed by atoms with E-state index in [1.54, 1.807) is 7.11 Å². The van der Waals surface area contributed by atoms with Crippen LogP contribution in [0, 0.1) is 5.92 Å². The molecule has 1 saturated carbocycles. The SMILES string of the molecule is C=C(C=C1CCCCC(C(Br)C(=O)OCC)[C]1=[W])OC. The molecule has 0 heterocycles. The van der Waals surface area contributed by atoms with Crippen molar-refractivity contribution in [2.45, 2.75) is 37.4 Å². The van der Waals surface area contributed by atoms with Crippen molar-refractivity contribution >= 4 is 25.8 Å². The molecule has 2 unspecified atom stereocenters. The van der Waals surface area contributed by atoms with Gasteiger partial charge in [-0.1, -0.05) is 0 Å². The summed E-state index contributed by atoms with van der Waals surface area (Å²) < 4.78 is 11.6. The number of ether oxygens (including phenoxy) is 2. The Morgan fingerprint density at radius 2 is 2.30 bits per heavy atom. The molecule has 0 amide bonds. The van der Waals surface area contributed by atoms with E-state index in [9.17, 15) is 4.79 Å². The molecule has 0 aromatic rings. The van der Waals surface area contributed by atoms with Gasteiger partial charge in [0.1, 0.15) is 0 Å². The van der Waals surface area contributed by atoms with Crippen LogP contribution in [0.2, 0.25) is 0 Å². The zero-order valence-corrected chi connectivity index (χ0v) is 16.5. The van der Waals surface area contributed by atoms with Gasteiger partial charge in [-0.25, -0.2) is 0 Å². The maximum absolute atomic E-state index is 12.0. The Bertz CT molecular complexity index is 417. The van der Waals surface area contributed by atoms with Gasteiger partial charge >= 0.3 is 140 Å². The standard InChI is InChI=1S/C15H21BrO3.W/c1-4-19-15(17)14(16)13-8-6-5-7-12(10-13)9-11(2)18-3;/h9,13-14H,2,4-8H2,1,3H3;. The third-order valence-corrected chi connectivity index (χ3v) is 6.37. The minimum absolute atomic E-state index is 0.164. The zero-order chi connectivity index (χ0) is 15.1. The molecule has 1 aliphatic rings. The molecule has 3 nitrogen and oxygen atoms in total. The Morgan fingerprint density at radius 1 is 1.60 bits per heavy atom. The van der Waals surface area contributed by atoms with Crippen molar-refractivity contribution in [3.63, 3.8) is 0 Å². The topological polar surface area (TPSA) is 35.5 Å². The fourth-order valence-corrected chi connectivity index (χ4v) is 5.08. The monoisotopic (exact) mass is 512 g/mol. The van der Waals surface area contributed by atoms with Crippen molar-refractivity contribution in [1.82, 2.24) is 0 Å². The number of allylic oxidation sites excluding steroid dienone is 2. The number of hydrogen-bond donors (Lipinski definition) is 0. The van der Waals surface area contributed by atoms with Crippen LogP contribution in [0.4, 0.5) is 0 Å². The van der Waals surface area contributed by atoms with Crippen LogP contribution in [-0.2, 0) is 33.6 Å². The zero-order valence-electron chi connectivity index (χ0n) is 12.0. The fourth-order valence-electron chi connectivity index (χ4n) is 2.23. The van der Waals surface area contributed by atoms with E-state index in [1.807, 2.05) is 13.0 Å². The van der Waals surface area contributed by atoms with E-state index in [-0.39, 0.29) is 16.7 Å². The quantitative estimate of drug-likeness (QED) is 0.245. The van der Waals surface area contributed by atoms with Crippen LogP contribution < -0.4 is 0 Å². The molecule has 0 aliphatic heterocycles. The molecule has 20 heavy (non-hydrogen) atoms. The number of alkyl halides is 1. The van der Waals surface area contributed by atoms with E-state index < -0.39 is 0 Å². The van der Waals surface area contributed by atoms with E-state index in [0.717, 1.165) is 25.7 Å². The molecule has 112 valence electrons. The molecular weight excluding hydrogens is 492 g/mol.